The van der Waals surface area contributed by atoms with E-state index in [9.17, 15) is 0 Å². The van der Waals surface area contributed by atoms with E-state index < -0.39 is 0 Å². The van der Waals surface area contributed by atoms with Gasteiger partial charge in [-0.05, 0) is 6.92 Å². The second-order valence-corrected chi connectivity index (χ2v) is 4.59. The van der Waals surface area contributed by atoms with Gasteiger partial charge in [-0.25, -0.2) is 4.98 Å². The maximum Gasteiger partial charge on any atom is 0.195 e. The Balaban J connectivity index is 2.34. The predicted molar refractivity (Wildman–Crippen MR) is 70.7 cm³/mol. The van der Waals surface area contributed by atoms with Crippen LogP contribution in [0.2, 0.25) is 0 Å². The minimum atomic E-state index is 0.497. The van der Waals surface area contributed by atoms with Crippen LogP contribution in [0.5, 0.6) is 0 Å². The summed E-state index contributed by atoms with van der Waals surface area (Å²) in [6, 6.07) is 0. The molecule has 0 unspecified atom stereocenters. The van der Waals surface area contributed by atoms with Gasteiger partial charge in [-0.3, -0.25) is 4.40 Å². The minimum absolute atomic E-state index is 0.497. The summed E-state index contributed by atoms with van der Waals surface area (Å²) in [5, 5.41) is 2.02. The van der Waals surface area contributed by atoms with E-state index in [1.54, 1.807) is 18.4 Å². The van der Waals surface area contributed by atoms with Crippen molar-refractivity contribution in [2.75, 3.05) is 31.7 Å². The number of methoxy groups -OCH3 is 1. The number of thiazole rings is 1. The minimum Gasteiger partial charge on any atom is -0.383 e. The third kappa shape index (κ3) is 2.29. The molecule has 0 aliphatic carbocycles. The second kappa shape index (κ2) is 5.48. The zero-order chi connectivity index (χ0) is 12.3. The maximum atomic E-state index is 5.83. The van der Waals surface area contributed by atoms with Crippen molar-refractivity contribution in [1.29, 1.82) is 0 Å². The van der Waals surface area contributed by atoms with Gasteiger partial charge in [-0.15, -0.1) is 11.3 Å². The number of aromatic nitrogens is 2. The Labute approximate surface area is 105 Å². The third-order valence-corrected chi connectivity index (χ3v) is 3.54. The van der Waals surface area contributed by atoms with Crippen molar-refractivity contribution in [3.63, 3.8) is 0 Å². The quantitative estimate of drug-likeness (QED) is 0.845. The molecule has 0 aliphatic rings. The van der Waals surface area contributed by atoms with Crippen LogP contribution >= 0.6 is 11.3 Å². The smallest absolute Gasteiger partial charge is 0.195 e. The molecule has 6 heteroatoms. The van der Waals surface area contributed by atoms with Gasteiger partial charge in [0.1, 0.15) is 0 Å². The lowest BCUT2D eigenvalue weighted by Crippen LogP contribution is -2.28. The highest BCUT2D eigenvalue weighted by Gasteiger charge is 2.16. The van der Waals surface area contributed by atoms with Gasteiger partial charge in [0.25, 0.3) is 0 Å². The van der Waals surface area contributed by atoms with Gasteiger partial charge in [0.2, 0.25) is 0 Å². The zero-order valence-electron chi connectivity index (χ0n) is 10.2. The molecule has 2 N–H and O–H groups in total. The molecule has 0 atom stereocenters. The van der Waals surface area contributed by atoms with Crippen molar-refractivity contribution in [2.24, 2.45) is 5.73 Å². The summed E-state index contributed by atoms with van der Waals surface area (Å²) in [5.41, 5.74) is 6.90. The molecule has 2 rings (SSSR count). The molecule has 94 valence electrons. The number of nitrogens with two attached hydrogens (primary N) is 1. The van der Waals surface area contributed by atoms with Gasteiger partial charge in [0.05, 0.1) is 12.3 Å². The van der Waals surface area contributed by atoms with Crippen LogP contribution in [0.4, 0.5) is 5.82 Å². The van der Waals surface area contributed by atoms with E-state index in [1.807, 2.05) is 11.6 Å². The van der Waals surface area contributed by atoms with Crippen molar-refractivity contribution >= 4 is 22.1 Å². The lowest BCUT2D eigenvalue weighted by molar-refractivity contribution is 0.205. The summed E-state index contributed by atoms with van der Waals surface area (Å²) in [7, 11) is 1.71. The molecule has 5 nitrogen and oxygen atoms in total. The summed E-state index contributed by atoms with van der Waals surface area (Å²) in [6.45, 7) is 5.05. The van der Waals surface area contributed by atoms with Crippen LogP contribution in [0, 0.1) is 0 Å². The average molecular weight is 254 g/mol. The standard InChI is InChI=1S/C11H18N4OS/c1-3-14(4-6-16-2)10-9(8-12)15-5-7-17-11(15)13-10/h5,7H,3-4,6,8,12H2,1-2H3. The van der Waals surface area contributed by atoms with E-state index in [0.717, 1.165) is 29.6 Å². The topological polar surface area (TPSA) is 55.8 Å². The fraction of sp³-hybridized carbons (Fsp3) is 0.545. The molecule has 2 aromatic heterocycles. The predicted octanol–water partition coefficient (Wildman–Crippen LogP) is 1.33. The Morgan fingerprint density at radius 3 is 3.06 bits per heavy atom. The zero-order valence-corrected chi connectivity index (χ0v) is 11.0. The van der Waals surface area contributed by atoms with Gasteiger partial charge >= 0.3 is 0 Å². The van der Waals surface area contributed by atoms with Crippen molar-refractivity contribution in [3.05, 3.63) is 17.3 Å². The van der Waals surface area contributed by atoms with Crippen LogP contribution in [-0.2, 0) is 11.3 Å². The van der Waals surface area contributed by atoms with Crippen LogP contribution in [0.3, 0.4) is 0 Å². The highest BCUT2D eigenvalue weighted by atomic mass is 32.1. The SMILES string of the molecule is CCN(CCOC)c1nc2sccn2c1CN. The average Bonchev–Trinajstić information content (AvgIpc) is 2.90. The molecule has 17 heavy (non-hydrogen) atoms. The summed E-state index contributed by atoms with van der Waals surface area (Å²) in [5.74, 6) is 0.985. The number of rotatable bonds is 6. The van der Waals surface area contributed by atoms with Crippen LogP contribution in [0.1, 0.15) is 12.6 Å². The molecule has 0 amide bonds. The number of hydrogen-bond donors (Lipinski definition) is 1. The molecule has 0 spiro atoms. The van der Waals surface area contributed by atoms with Crippen molar-refractivity contribution < 1.29 is 4.74 Å². The normalized spacial score (nSPS) is 11.2. The van der Waals surface area contributed by atoms with E-state index in [4.69, 9.17) is 10.5 Å². The highest BCUT2D eigenvalue weighted by molar-refractivity contribution is 7.15. The molecule has 2 aromatic rings. The summed E-state index contributed by atoms with van der Waals surface area (Å²) >= 11 is 1.63. The number of hydrogen-bond acceptors (Lipinski definition) is 5. The Morgan fingerprint density at radius 1 is 1.59 bits per heavy atom. The molecule has 0 aliphatic heterocycles. The lowest BCUT2D eigenvalue weighted by atomic mass is 10.3. The molecule has 2 heterocycles. The first-order valence-electron chi connectivity index (χ1n) is 5.70. The van der Waals surface area contributed by atoms with Gasteiger partial charge in [-0.1, -0.05) is 0 Å². The van der Waals surface area contributed by atoms with Gasteiger partial charge in [-0.2, -0.15) is 0 Å². The molecular formula is C11H18N4OS. The van der Waals surface area contributed by atoms with Gasteiger partial charge in [0, 0.05) is 38.3 Å². The molecule has 0 saturated heterocycles. The maximum absolute atomic E-state index is 5.83. The molecule has 0 aromatic carbocycles. The molecule has 0 radical (unpaired) electrons. The largest absolute Gasteiger partial charge is 0.383 e. The fourth-order valence-corrected chi connectivity index (χ4v) is 2.61. The second-order valence-electron chi connectivity index (χ2n) is 3.71. The monoisotopic (exact) mass is 254 g/mol. The number of anilines is 1. The van der Waals surface area contributed by atoms with Crippen molar-refractivity contribution in [3.8, 4) is 0 Å². The molecule has 0 saturated carbocycles. The van der Waals surface area contributed by atoms with Crippen molar-refractivity contribution in [2.45, 2.75) is 13.5 Å². The number of likely N-dealkylation sites (N-methyl/N-ethyl adjacent to an activating group) is 1. The van der Waals surface area contributed by atoms with Crippen LogP contribution < -0.4 is 10.6 Å². The van der Waals surface area contributed by atoms with E-state index in [1.165, 1.54) is 0 Å². The fourth-order valence-electron chi connectivity index (χ4n) is 1.88. The van der Waals surface area contributed by atoms with Crippen LogP contribution in [-0.4, -0.2) is 36.2 Å². The summed E-state index contributed by atoms with van der Waals surface area (Å²) < 4.78 is 7.18. The molecular weight excluding hydrogens is 236 g/mol. The van der Waals surface area contributed by atoms with E-state index in [0.29, 0.717) is 13.2 Å². The lowest BCUT2D eigenvalue weighted by Gasteiger charge is -2.21. The summed E-state index contributed by atoms with van der Waals surface area (Å²) in [6.07, 6.45) is 2.02. The highest BCUT2D eigenvalue weighted by Crippen LogP contribution is 2.24. The van der Waals surface area contributed by atoms with Crippen LogP contribution in [0.25, 0.3) is 4.96 Å². The van der Waals surface area contributed by atoms with E-state index >= 15 is 0 Å². The first kappa shape index (κ1) is 12.3. The number of ether oxygens (including phenoxy) is 1. The third-order valence-electron chi connectivity index (χ3n) is 2.78. The Morgan fingerprint density at radius 2 is 2.41 bits per heavy atom. The number of imidazole rings is 1. The first-order chi connectivity index (χ1) is 8.31. The molecule has 0 bridgehead atoms. The number of fused-ring (bicyclic) bond motifs is 1. The van der Waals surface area contributed by atoms with E-state index in [-0.39, 0.29) is 0 Å². The van der Waals surface area contributed by atoms with Crippen molar-refractivity contribution in [1.82, 2.24) is 9.38 Å². The van der Waals surface area contributed by atoms with Gasteiger partial charge < -0.3 is 15.4 Å². The van der Waals surface area contributed by atoms with Gasteiger partial charge in [0.15, 0.2) is 10.8 Å². The molecule has 0 fully saturated rings. The van der Waals surface area contributed by atoms with E-state index in [2.05, 4.69) is 21.2 Å². The van der Waals surface area contributed by atoms with Crippen LogP contribution in [0.15, 0.2) is 11.6 Å². The Hall–Kier alpha value is -1.11. The first-order valence-corrected chi connectivity index (χ1v) is 6.58. The number of nitrogens with zero attached hydrogens (tertiary/aromatic N) is 3. The Kier molecular flexibility index (Phi) is 3.98. The summed E-state index contributed by atoms with van der Waals surface area (Å²) in [4.78, 5) is 7.84. The Bertz CT molecular complexity index is 479.